The van der Waals surface area contributed by atoms with Gasteiger partial charge in [0.2, 0.25) is 0 Å². The molecule has 1 amide bonds. The van der Waals surface area contributed by atoms with Crippen LogP contribution in [-0.4, -0.2) is 39.5 Å². The van der Waals surface area contributed by atoms with E-state index in [9.17, 15) is 18.0 Å². The Kier molecular flexibility index (Phi) is 6.35. The molecule has 3 heterocycles. The normalized spacial score (nSPS) is 18.8. The highest BCUT2D eigenvalue weighted by Gasteiger charge is 2.49. The van der Waals surface area contributed by atoms with Crippen LogP contribution in [0.3, 0.4) is 0 Å². The van der Waals surface area contributed by atoms with E-state index in [1.54, 1.807) is 19.1 Å². The molecule has 2 aromatic heterocycles. The highest BCUT2D eigenvalue weighted by atomic mass is 32.1. The van der Waals surface area contributed by atoms with Gasteiger partial charge in [-0.1, -0.05) is 42.5 Å². The van der Waals surface area contributed by atoms with Crippen LogP contribution in [0.25, 0.3) is 21.5 Å². The third kappa shape index (κ3) is 4.82. The molecule has 1 aliphatic rings. The summed E-state index contributed by atoms with van der Waals surface area (Å²) in [5.74, 6) is -1.69. The fourth-order valence-electron chi connectivity index (χ4n) is 4.84. The number of amides is 1. The van der Waals surface area contributed by atoms with Crippen molar-refractivity contribution in [3.8, 4) is 10.4 Å². The van der Waals surface area contributed by atoms with Crippen LogP contribution in [0.1, 0.15) is 40.6 Å². The molecule has 5 rings (SSSR count). The molecule has 0 saturated carbocycles. The van der Waals surface area contributed by atoms with Crippen LogP contribution in [0.2, 0.25) is 0 Å². The second-order valence-corrected chi connectivity index (χ2v) is 9.95. The molecule has 0 aliphatic carbocycles. The van der Waals surface area contributed by atoms with Gasteiger partial charge < -0.3 is 9.32 Å². The third-order valence-corrected chi connectivity index (χ3v) is 7.44. The maximum Gasteiger partial charge on any atom is 0.393 e. The summed E-state index contributed by atoms with van der Waals surface area (Å²) in [4.78, 5) is 24.6. The number of fused-ring (bicyclic) bond motifs is 1. The van der Waals surface area contributed by atoms with E-state index in [0.717, 1.165) is 5.56 Å². The summed E-state index contributed by atoms with van der Waals surface area (Å²) in [5.41, 5.74) is 2.30. The van der Waals surface area contributed by atoms with E-state index in [4.69, 9.17) is 4.42 Å². The maximum absolute atomic E-state index is 14.1. The number of benzene rings is 2. The van der Waals surface area contributed by atoms with E-state index in [2.05, 4.69) is 9.97 Å². The Balaban J connectivity index is 1.46. The molecular formula is C26H24F3N3O2S. The van der Waals surface area contributed by atoms with Gasteiger partial charge in [0.1, 0.15) is 11.2 Å². The van der Waals surface area contributed by atoms with Gasteiger partial charge in [-0.05, 0) is 43.9 Å². The molecule has 0 spiro atoms. The molecule has 2 atom stereocenters. The van der Waals surface area contributed by atoms with Crippen LogP contribution in [0.5, 0.6) is 0 Å². The van der Waals surface area contributed by atoms with E-state index in [1.807, 2.05) is 42.5 Å². The standard InChI is InChI=1S/C26H24F3N3O2S/c1-16-30-23(24(35-16)17-8-3-2-4-9-17)25(33)32-15-7-10-18(26(27,28)29)20(32)13-14-22-31-19-11-5-6-12-21(19)34-22/h2-6,8-9,11-12,18,20H,7,10,13-15H2,1H3/t18-,20-/m1/s1. The number of piperidine rings is 1. The maximum atomic E-state index is 14.1. The number of carbonyl (C=O) groups is 1. The topological polar surface area (TPSA) is 59.2 Å². The Morgan fingerprint density at radius 3 is 2.60 bits per heavy atom. The lowest BCUT2D eigenvalue weighted by atomic mass is 9.85. The number of aryl methyl sites for hydroxylation is 2. The summed E-state index contributed by atoms with van der Waals surface area (Å²) in [6.45, 7) is 2.06. The molecule has 0 N–H and O–H groups in total. The Bertz CT molecular complexity index is 1300. The minimum absolute atomic E-state index is 0.00680. The fraction of sp³-hybridized carbons (Fsp3) is 0.346. The number of carbonyl (C=O) groups excluding carboxylic acids is 1. The van der Waals surface area contributed by atoms with Crippen LogP contribution >= 0.6 is 11.3 Å². The van der Waals surface area contributed by atoms with Gasteiger partial charge in [-0.15, -0.1) is 11.3 Å². The van der Waals surface area contributed by atoms with Crippen molar-refractivity contribution >= 4 is 28.3 Å². The first-order chi connectivity index (χ1) is 16.8. The number of thiazole rings is 1. The van der Waals surface area contributed by atoms with Gasteiger partial charge in [0.25, 0.3) is 5.91 Å². The van der Waals surface area contributed by atoms with E-state index in [-0.39, 0.29) is 31.5 Å². The molecule has 2 aromatic carbocycles. The number of hydrogen-bond acceptors (Lipinski definition) is 5. The molecule has 0 unspecified atom stereocenters. The molecule has 182 valence electrons. The molecule has 1 fully saturated rings. The third-order valence-electron chi connectivity index (χ3n) is 6.43. The summed E-state index contributed by atoms with van der Waals surface area (Å²) in [5, 5.41) is 0.694. The minimum atomic E-state index is -4.41. The van der Waals surface area contributed by atoms with Gasteiger partial charge in [-0.2, -0.15) is 13.2 Å². The van der Waals surface area contributed by atoms with E-state index in [1.165, 1.54) is 16.2 Å². The number of likely N-dealkylation sites (tertiary alicyclic amines) is 1. The van der Waals surface area contributed by atoms with Crippen LogP contribution in [-0.2, 0) is 6.42 Å². The van der Waals surface area contributed by atoms with Crippen molar-refractivity contribution in [2.75, 3.05) is 6.54 Å². The molecule has 1 saturated heterocycles. The molecule has 5 nitrogen and oxygen atoms in total. The summed E-state index contributed by atoms with van der Waals surface area (Å²) in [7, 11) is 0. The van der Waals surface area contributed by atoms with Crippen molar-refractivity contribution in [2.45, 2.75) is 44.8 Å². The largest absolute Gasteiger partial charge is 0.441 e. The molecule has 0 radical (unpaired) electrons. The second-order valence-electron chi connectivity index (χ2n) is 8.75. The number of nitrogens with zero attached hydrogens (tertiary/aromatic N) is 3. The lowest BCUT2D eigenvalue weighted by molar-refractivity contribution is -0.198. The molecule has 0 bridgehead atoms. The van der Waals surface area contributed by atoms with E-state index >= 15 is 0 Å². The first-order valence-corrected chi connectivity index (χ1v) is 12.4. The number of rotatable bonds is 5. The highest BCUT2D eigenvalue weighted by Crippen LogP contribution is 2.41. The van der Waals surface area contributed by atoms with Crippen molar-refractivity contribution in [1.29, 1.82) is 0 Å². The lowest BCUT2D eigenvalue weighted by Crippen LogP contribution is -2.53. The first-order valence-electron chi connectivity index (χ1n) is 11.6. The predicted octanol–water partition coefficient (Wildman–Crippen LogP) is 6.68. The fourth-order valence-corrected chi connectivity index (χ4v) is 5.76. The van der Waals surface area contributed by atoms with Gasteiger partial charge in [0.15, 0.2) is 11.5 Å². The Labute approximate surface area is 204 Å². The van der Waals surface area contributed by atoms with Crippen molar-refractivity contribution in [1.82, 2.24) is 14.9 Å². The average molecular weight is 500 g/mol. The van der Waals surface area contributed by atoms with Gasteiger partial charge in [-0.25, -0.2) is 9.97 Å². The van der Waals surface area contributed by atoms with Crippen LogP contribution in [0.4, 0.5) is 13.2 Å². The number of aromatic nitrogens is 2. The Morgan fingerprint density at radius 1 is 1.11 bits per heavy atom. The van der Waals surface area contributed by atoms with Crippen LogP contribution in [0, 0.1) is 12.8 Å². The zero-order valence-corrected chi connectivity index (χ0v) is 19.9. The SMILES string of the molecule is Cc1nc(C(=O)N2CCC[C@@H](C(F)(F)F)[C@H]2CCc2nc3ccccc3o2)c(-c2ccccc2)s1. The molecule has 35 heavy (non-hydrogen) atoms. The van der Waals surface area contributed by atoms with Crippen LogP contribution < -0.4 is 0 Å². The molecule has 1 aliphatic heterocycles. The highest BCUT2D eigenvalue weighted by molar-refractivity contribution is 7.15. The first kappa shape index (κ1) is 23.5. The number of oxazole rings is 1. The molecule has 9 heteroatoms. The number of halogens is 3. The monoisotopic (exact) mass is 499 g/mol. The van der Waals surface area contributed by atoms with Crippen molar-refractivity contribution in [3.05, 3.63) is 71.2 Å². The summed E-state index contributed by atoms with van der Waals surface area (Å²) < 4.78 is 48.0. The molecule has 4 aromatic rings. The number of para-hydroxylation sites is 2. The van der Waals surface area contributed by atoms with Crippen molar-refractivity contribution in [2.24, 2.45) is 5.92 Å². The minimum Gasteiger partial charge on any atom is -0.441 e. The zero-order chi connectivity index (χ0) is 24.6. The van der Waals surface area contributed by atoms with Gasteiger partial charge >= 0.3 is 6.18 Å². The van der Waals surface area contributed by atoms with Crippen LogP contribution in [0.15, 0.2) is 59.0 Å². The lowest BCUT2D eigenvalue weighted by Gasteiger charge is -2.42. The van der Waals surface area contributed by atoms with E-state index < -0.39 is 24.0 Å². The predicted molar refractivity (Wildman–Crippen MR) is 128 cm³/mol. The molecular weight excluding hydrogens is 475 g/mol. The van der Waals surface area contributed by atoms with E-state index in [0.29, 0.717) is 33.3 Å². The summed E-state index contributed by atoms with van der Waals surface area (Å²) in [6.07, 6.45) is -3.82. The average Bonchev–Trinajstić information content (AvgIpc) is 3.45. The Hall–Kier alpha value is -3.20. The van der Waals surface area contributed by atoms with Crippen molar-refractivity contribution in [3.63, 3.8) is 0 Å². The van der Waals surface area contributed by atoms with Gasteiger partial charge in [0, 0.05) is 19.0 Å². The summed E-state index contributed by atoms with van der Waals surface area (Å²) in [6, 6.07) is 15.6. The smallest absolute Gasteiger partial charge is 0.393 e. The van der Waals surface area contributed by atoms with Gasteiger partial charge in [-0.3, -0.25) is 4.79 Å². The number of alkyl halides is 3. The Morgan fingerprint density at radius 2 is 1.86 bits per heavy atom. The van der Waals surface area contributed by atoms with Crippen molar-refractivity contribution < 1.29 is 22.4 Å². The van der Waals surface area contributed by atoms with Gasteiger partial charge in [0.05, 0.1) is 15.8 Å². The second kappa shape index (κ2) is 9.45. The zero-order valence-electron chi connectivity index (χ0n) is 19.1. The quantitative estimate of drug-likeness (QED) is 0.308. The number of hydrogen-bond donors (Lipinski definition) is 0. The summed E-state index contributed by atoms with van der Waals surface area (Å²) >= 11 is 1.37.